The first-order valence-corrected chi connectivity index (χ1v) is 5.85. The van der Waals surface area contributed by atoms with E-state index in [0.29, 0.717) is 5.54 Å². The first kappa shape index (κ1) is 9.89. The Kier molecular flexibility index (Phi) is 2.65. The molecule has 0 aliphatic heterocycles. The van der Waals surface area contributed by atoms with Gasteiger partial charge in [-0.3, -0.25) is 5.09 Å². The predicted molar refractivity (Wildman–Crippen MR) is 57.6 cm³/mol. The predicted octanol–water partition coefficient (Wildman–Crippen LogP) is 2.25. The number of nitrogens with one attached hydrogen (secondary N) is 1. The fraction of sp³-hybridized carbons (Fsp3) is 1.00. The van der Waals surface area contributed by atoms with Crippen molar-refractivity contribution in [2.24, 2.45) is 0 Å². The van der Waals surface area contributed by atoms with Gasteiger partial charge in [-0.15, -0.1) is 0 Å². The normalized spacial score (nSPS) is 44.8. The van der Waals surface area contributed by atoms with Gasteiger partial charge in [0.25, 0.3) is 0 Å². The van der Waals surface area contributed by atoms with E-state index in [0.717, 1.165) is 0 Å². The third-order valence-electron chi connectivity index (χ3n) is 4.15. The van der Waals surface area contributed by atoms with E-state index in [1.54, 1.807) is 0 Å². The van der Waals surface area contributed by atoms with Gasteiger partial charge in [-0.05, 0) is 44.9 Å². The summed E-state index contributed by atoms with van der Waals surface area (Å²) in [6.07, 6.45) is 8.94. The maximum atomic E-state index is 5.70. The van der Waals surface area contributed by atoms with Crippen molar-refractivity contribution in [2.75, 3.05) is 7.11 Å². The lowest BCUT2D eigenvalue weighted by atomic mass is 9.76. The van der Waals surface area contributed by atoms with E-state index < -0.39 is 0 Å². The largest absolute Gasteiger partial charge is 0.378 e. The number of hydrogen-bond acceptors (Lipinski definition) is 2. The Morgan fingerprint density at radius 1 is 1.08 bits per heavy atom. The molecule has 3 heteroatoms. The maximum absolute atomic E-state index is 5.70. The topological polar surface area (TPSA) is 21.3 Å². The molecule has 1 N–H and O–H groups in total. The summed E-state index contributed by atoms with van der Waals surface area (Å²) < 4.78 is 5.70. The molecule has 1 atom stereocenters. The highest BCUT2D eigenvalue weighted by Gasteiger charge is 2.44. The summed E-state index contributed by atoms with van der Waals surface area (Å²) in [4.78, 5) is 0. The molecule has 0 amide bonds. The number of hydrogen-bond donors (Lipinski definition) is 1. The van der Waals surface area contributed by atoms with Gasteiger partial charge in [0.15, 0.2) is 0 Å². The zero-order valence-electron chi connectivity index (χ0n) is 8.44. The van der Waals surface area contributed by atoms with E-state index in [1.807, 2.05) is 7.11 Å². The summed E-state index contributed by atoms with van der Waals surface area (Å²) in [5.74, 6) is 0. The standard InChI is InChI=1S/C10H20NOP/c1-12-10-4-2-3-9(11-13,5-7-10)6-8-10/h11H,2-8,13H2,1H3. The highest BCUT2D eigenvalue weighted by atomic mass is 31.0. The minimum Gasteiger partial charge on any atom is -0.378 e. The summed E-state index contributed by atoms with van der Waals surface area (Å²) in [7, 11) is 4.58. The third-order valence-corrected chi connectivity index (χ3v) is 4.76. The van der Waals surface area contributed by atoms with Gasteiger partial charge < -0.3 is 4.74 Å². The number of fused-ring (bicyclic) bond motifs is 4. The van der Waals surface area contributed by atoms with Gasteiger partial charge in [0.1, 0.15) is 0 Å². The van der Waals surface area contributed by atoms with Crippen molar-refractivity contribution < 1.29 is 4.74 Å². The van der Waals surface area contributed by atoms with Gasteiger partial charge in [0.05, 0.1) is 5.60 Å². The van der Waals surface area contributed by atoms with Crippen LogP contribution < -0.4 is 5.09 Å². The second kappa shape index (κ2) is 3.49. The van der Waals surface area contributed by atoms with Gasteiger partial charge in [-0.2, -0.15) is 0 Å². The van der Waals surface area contributed by atoms with Gasteiger partial charge in [0, 0.05) is 12.6 Å². The van der Waals surface area contributed by atoms with Gasteiger partial charge in [0.2, 0.25) is 0 Å². The Balaban J connectivity index is 2.13. The molecule has 13 heavy (non-hydrogen) atoms. The minimum atomic E-state index is 0.238. The summed E-state index contributed by atoms with van der Waals surface area (Å²) in [5, 5.41) is 3.45. The Hall–Kier alpha value is 0.350. The van der Waals surface area contributed by atoms with Crippen molar-refractivity contribution in [3.63, 3.8) is 0 Å². The maximum Gasteiger partial charge on any atom is 0.0680 e. The van der Waals surface area contributed by atoms with Crippen LogP contribution in [0, 0.1) is 0 Å². The SMILES string of the molecule is COC12CCCC(NP)(CC1)CC2. The van der Waals surface area contributed by atoms with E-state index >= 15 is 0 Å². The fourth-order valence-corrected chi connectivity index (χ4v) is 3.39. The first-order chi connectivity index (χ1) is 6.24. The van der Waals surface area contributed by atoms with Crippen LogP contribution in [0.3, 0.4) is 0 Å². The molecule has 0 heterocycles. The fourth-order valence-electron chi connectivity index (χ4n) is 2.96. The molecule has 0 aromatic carbocycles. The molecule has 3 rings (SSSR count). The van der Waals surface area contributed by atoms with Crippen LogP contribution in [0.2, 0.25) is 0 Å². The van der Waals surface area contributed by atoms with Crippen molar-refractivity contribution in [2.45, 2.75) is 56.1 Å². The van der Waals surface area contributed by atoms with E-state index in [-0.39, 0.29) is 5.60 Å². The Labute approximate surface area is 83.1 Å². The van der Waals surface area contributed by atoms with Crippen molar-refractivity contribution in [3.8, 4) is 0 Å². The van der Waals surface area contributed by atoms with Crippen LogP contribution in [0.5, 0.6) is 0 Å². The van der Waals surface area contributed by atoms with Crippen LogP contribution in [0.25, 0.3) is 0 Å². The second-order valence-electron chi connectivity index (χ2n) is 4.67. The second-order valence-corrected chi connectivity index (χ2v) is 4.95. The molecule has 2 nitrogen and oxygen atoms in total. The van der Waals surface area contributed by atoms with Gasteiger partial charge >= 0.3 is 0 Å². The quantitative estimate of drug-likeness (QED) is 0.692. The van der Waals surface area contributed by atoms with Crippen LogP contribution in [-0.4, -0.2) is 18.2 Å². The summed E-state index contributed by atoms with van der Waals surface area (Å²) in [6, 6.07) is 0. The molecule has 2 bridgehead atoms. The summed E-state index contributed by atoms with van der Waals surface area (Å²) >= 11 is 0. The summed E-state index contributed by atoms with van der Waals surface area (Å²) in [6.45, 7) is 0. The zero-order chi connectivity index (χ0) is 9.36. The first-order valence-electron chi connectivity index (χ1n) is 5.27. The molecule has 1 unspecified atom stereocenters. The van der Waals surface area contributed by atoms with Crippen molar-refractivity contribution in [1.29, 1.82) is 0 Å². The molecule has 3 saturated carbocycles. The molecule has 3 fully saturated rings. The lowest BCUT2D eigenvalue weighted by Gasteiger charge is -2.41. The molecular formula is C10H20NOP. The number of rotatable bonds is 2. The molecular weight excluding hydrogens is 181 g/mol. The van der Waals surface area contributed by atoms with E-state index in [2.05, 4.69) is 14.5 Å². The van der Waals surface area contributed by atoms with E-state index in [9.17, 15) is 0 Å². The number of methoxy groups -OCH3 is 1. The highest BCUT2D eigenvalue weighted by molar-refractivity contribution is 7.13. The highest BCUT2D eigenvalue weighted by Crippen LogP contribution is 2.46. The average molecular weight is 201 g/mol. The Morgan fingerprint density at radius 3 is 2.31 bits per heavy atom. The van der Waals surface area contributed by atoms with Crippen LogP contribution in [0.15, 0.2) is 0 Å². The molecule has 0 saturated heterocycles. The van der Waals surface area contributed by atoms with Gasteiger partial charge in [-0.1, -0.05) is 9.39 Å². The zero-order valence-corrected chi connectivity index (χ0v) is 9.59. The lowest BCUT2D eigenvalue weighted by molar-refractivity contribution is -0.0470. The third kappa shape index (κ3) is 1.65. The van der Waals surface area contributed by atoms with Crippen LogP contribution in [0.1, 0.15) is 44.9 Å². The molecule has 0 aromatic heterocycles. The molecule has 0 aromatic rings. The molecule has 3 aliphatic carbocycles. The summed E-state index contributed by atoms with van der Waals surface area (Å²) in [5.41, 5.74) is 0.657. The molecule has 76 valence electrons. The van der Waals surface area contributed by atoms with Crippen molar-refractivity contribution in [1.82, 2.24) is 5.09 Å². The van der Waals surface area contributed by atoms with Crippen LogP contribution in [0.4, 0.5) is 0 Å². The molecule has 0 spiro atoms. The van der Waals surface area contributed by atoms with E-state index in [1.165, 1.54) is 44.9 Å². The Bertz CT molecular complexity index is 167. The number of ether oxygens (including phenoxy) is 1. The monoisotopic (exact) mass is 201 g/mol. The minimum absolute atomic E-state index is 0.238. The lowest BCUT2D eigenvalue weighted by Crippen LogP contribution is -2.46. The molecule has 3 aliphatic rings. The van der Waals surface area contributed by atoms with Gasteiger partial charge in [-0.25, -0.2) is 0 Å². The average Bonchev–Trinajstić information content (AvgIpc) is 2.49. The van der Waals surface area contributed by atoms with Crippen LogP contribution in [-0.2, 0) is 4.74 Å². The molecule has 0 radical (unpaired) electrons. The Morgan fingerprint density at radius 2 is 1.77 bits per heavy atom. The smallest absolute Gasteiger partial charge is 0.0680 e. The van der Waals surface area contributed by atoms with Crippen molar-refractivity contribution in [3.05, 3.63) is 0 Å². The van der Waals surface area contributed by atoms with Crippen molar-refractivity contribution >= 4 is 9.39 Å². The van der Waals surface area contributed by atoms with Crippen LogP contribution >= 0.6 is 9.39 Å². The van der Waals surface area contributed by atoms with E-state index in [4.69, 9.17) is 4.74 Å².